The highest BCUT2D eigenvalue weighted by Crippen LogP contribution is 2.44. The zero-order valence-corrected chi connectivity index (χ0v) is 11.4. The molecule has 5 heteroatoms. The van der Waals surface area contributed by atoms with Crippen LogP contribution in [0, 0.1) is 6.92 Å². The largest absolute Gasteiger partial charge is 0.494 e. The highest BCUT2D eigenvalue weighted by molar-refractivity contribution is 5.67. The molecular weight excluding hydrogens is 256 g/mol. The highest BCUT2D eigenvalue weighted by Gasteiger charge is 2.42. The van der Waals surface area contributed by atoms with Crippen LogP contribution >= 0.6 is 0 Å². The molecule has 1 aliphatic rings. The molecule has 5 nitrogen and oxygen atoms in total. The number of aromatic hydroxyl groups is 1. The summed E-state index contributed by atoms with van der Waals surface area (Å²) in [7, 11) is 0. The molecule has 1 aromatic heterocycles. The van der Waals surface area contributed by atoms with Gasteiger partial charge in [0, 0.05) is 5.54 Å². The van der Waals surface area contributed by atoms with Gasteiger partial charge in [0.1, 0.15) is 5.56 Å². The Morgan fingerprint density at radius 2 is 1.80 bits per heavy atom. The summed E-state index contributed by atoms with van der Waals surface area (Å²) in [6.07, 6.45) is 1.64. The van der Waals surface area contributed by atoms with Crippen molar-refractivity contribution < 1.29 is 5.11 Å². The van der Waals surface area contributed by atoms with Crippen molar-refractivity contribution in [1.29, 1.82) is 0 Å². The average Bonchev–Trinajstić information content (AvgIpc) is 3.09. The maximum Gasteiger partial charge on any atom is 0.331 e. The molecule has 1 aromatic carbocycles. The van der Waals surface area contributed by atoms with Gasteiger partial charge in [0.15, 0.2) is 0 Å². The van der Waals surface area contributed by atoms with Crippen molar-refractivity contribution in [1.82, 2.24) is 9.55 Å². The summed E-state index contributed by atoms with van der Waals surface area (Å²) in [5, 5.41) is 10.4. The fraction of sp³-hybridized carbons (Fsp3) is 0.333. The monoisotopic (exact) mass is 272 g/mol. The molecule has 2 N–H and O–H groups in total. The first-order chi connectivity index (χ1) is 9.42. The maximum absolute atomic E-state index is 12.0. The molecule has 0 saturated heterocycles. The minimum Gasteiger partial charge on any atom is -0.494 e. The summed E-state index contributed by atoms with van der Waals surface area (Å²) in [5.74, 6) is -0.248. The molecule has 0 spiro atoms. The lowest BCUT2D eigenvalue weighted by Gasteiger charge is -2.16. The van der Waals surface area contributed by atoms with Crippen LogP contribution in [0.3, 0.4) is 0 Å². The minimum atomic E-state index is -0.558. The van der Waals surface area contributed by atoms with Crippen molar-refractivity contribution in [3.05, 3.63) is 50.7 Å². The number of hydrogen-bond donors (Lipinski definition) is 2. The van der Waals surface area contributed by atoms with E-state index in [0.717, 1.165) is 18.4 Å². The van der Waals surface area contributed by atoms with Crippen molar-refractivity contribution in [3.63, 3.8) is 0 Å². The molecule has 0 unspecified atom stereocenters. The Labute approximate surface area is 115 Å². The second-order valence-electron chi connectivity index (χ2n) is 5.66. The first kappa shape index (κ1) is 12.7. The van der Waals surface area contributed by atoms with E-state index in [0.29, 0.717) is 5.56 Å². The Morgan fingerprint density at radius 1 is 1.20 bits per heavy atom. The number of benzene rings is 1. The summed E-state index contributed by atoms with van der Waals surface area (Å²) in [4.78, 5) is 26.2. The van der Waals surface area contributed by atoms with E-state index in [9.17, 15) is 14.7 Å². The number of nitrogens with one attached hydrogen (secondary N) is 1. The Hall–Kier alpha value is -2.30. The van der Waals surface area contributed by atoms with Crippen LogP contribution in [0.15, 0.2) is 33.9 Å². The molecule has 2 aromatic rings. The van der Waals surface area contributed by atoms with E-state index in [1.165, 1.54) is 4.57 Å². The van der Waals surface area contributed by atoms with Crippen LogP contribution < -0.4 is 11.2 Å². The van der Waals surface area contributed by atoms with E-state index in [1.54, 1.807) is 12.1 Å². The van der Waals surface area contributed by atoms with Gasteiger partial charge >= 0.3 is 5.69 Å². The second kappa shape index (κ2) is 4.10. The van der Waals surface area contributed by atoms with Crippen LogP contribution in [0.2, 0.25) is 0 Å². The lowest BCUT2D eigenvalue weighted by Crippen LogP contribution is -2.35. The summed E-state index contributed by atoms with van der Waals surface area (Å²) in [6.45, 7) is 3.84. The first-order valence-electron chi connectivity index (χ1n) is 6.58. The Morgan fingerprint density at radius 3 is 2.35 bits per heavy atom. The second-order valence-corrected chi connectivity index (χ2v) is 5.66. The van der Waals surface area contributed by atoms with Gasteiger partial charge in [0.25, 0.3) is 5.56 Å². The van der Waals surface area contributed by atoms with Gasteiger partial charge in [-0.1, -0.05) is 29.8 Å². The number of aryl methyl sites for hydroxylation is 1. The van der Waals surface area contributed by atoms with Crippen LogP contribution in [-0.4, -0.2) is 14.7 Å². The predicted molar refractivity (Wildman–Crippen MR) is 76.0 cm³/mol. The summed E-state index contributed by atoms with van der Waals surface area (Å²) >= 11 is 0. The number of H-pyrrole nitrogens is 1. The molecule has 1 saturated carbocycles. The van der Waals surface area contributed by atoms with Gasteiger partial charge < -0.3 is 5.11 Å². The third kappa shape index (κ3) is 1.86. The molecule has 1 aliphatic carbocycles. The van der Waals surface area contributed by atoms with E-state index >= 15 is 0 Å². The number of aromatic amines is 1. The van der Waals surface area contributed by atoms with Gasteiger partial charge in [-0.2, -0.15) is 0 Å². The van der Waals surface area contributed by atoms with Crippen molar-refractivity contribution in [2.45, 2.75) is 32.2 Å². The van der Waals surface area contributed by atoms with Crippen molar-refractivity contribution >= 4 is 0 Å². The molecule has 0 aliphatic heterocycles. The smallest absolute Gasteiger partial charge is 0.331 e. The number of rotatable bonds is 2. The molecule has 1 fully saturated rings. The van der Waals surface area contributed by atoms with E-state index in [1.807, 2.05) is 26.0 Å². The standard InChI is InChI=1S/C15H16N2O3/c1-9-3-5-10(6-4-9)11-12(18)16-14(20)17(13(11)19)15(2)7-8-15/h3-6,19H,7-8H2,1-2H3,(H,16,18,20). The molecule has 0 atom stereocenters. The van der Waals surface area contributed by atoms with Gasteiger partial charge in [0.2, 0.25) is 5.88 Å². The Bertz CT molecular complexity index is 780. The average molecular weight is 272 g/mol. The van der Waals surface area contributed by atoms with Crippen molar-refractivity contribution in [2.75, 3.05) is 0 Å². The quantitative estimate of drug-likeness (QED) is 0.874. The molecule has 0 bridgehead atoms. The predicted octanol–water partition coefficient (Wildman–Crippen LogP) is 1.73. The summed E-state index contributed by atoms with van der Waals surface area (Å²) in [6, 6.07) is 7.26. The third-order valence-corrected chi connectivity index (χ3v) is 3.94. The molecule has 20 heavy (non-hydrogen) atoms. The molecule has 1 heterocycles. The van der Waals surface area contributed by atoms with Crippen molar-refractivity contribution in [2.24, 2.45) is 0 Å². The zero-order valence-electron chi connectivity index (χ0n) is 11.4. The van der Waals surface area contributed by atoms with Crippen LogP contribution in [0.4, 0.5) is 0 Å². The summed E-state index contributed by atoms with van der Waals surface area (Å²) < 4.78 is 1.30. The van der Waals surface area contributed by atoms with Crippen LogP contribution in [0.5, 0.6) is 5.88 Å². The number of aromatic nitrogens is 2. The molecule has 0 radical (unpaired) electrons. The SMILES string of the molecule is Cc1ccc(-c2c(O)n(C3(C)CC3)c(=O)[nH]c2=O)cc1. The first-order valence-corrected chi connectivity index (χ1v) is 6.58. The molecule has 3 rings (SSSR count). The van der Waals surface area contributed by atoms with E-state index in [2.05, 4.69) is 4.98 Å². The number of nitrogens with zero attached hydrogens (tertiary/aromatic N) is 1. The fourth-order valence-electron chi connectivity index (χ4n) is 2.41. The Balaban J connectivity index is 2.29. The minimum absolute atomic E-state index is 0.151. The van der Waals surface area contributed by atoms with E-state index in [-0.39, 0.29) is 17.0 Å². The van der Waals surface area contributed by atoms with Gasteiger partial charge in [-0.15, -0.1) is 0 Å². The lowest BCUT2D eigenvalue weighted by atomic mass is 10.1. The Kier molecular flexibility index (Phi) is 2.61. The van der Waals surface area contributed by atoms with Crippen LogP contribution in [0.25, 0.3) is 11.1 Å². The fourth-order valence-corrected chi connectivity index (χ4v) is 2.41. The van der Waals surface area contributed by atoms with Gasteiger partial charge in [-0.05, 0) is 32.3 Å². The van der Waals surface area contributed by atoms with E-state index in [4.69, 9.17) is 0 Å². The zero-order chi connectivity index (χ0) is 14.5. The molecule has 0 amide bonds. The highest BCUT2D eigenvalue weighted by atomic mass is 16.3. The molecule has 104 valence electrons. The normalized spacial score (nSPS) is 16.1. The topological polar surface area (TPSA) is 75.1 Å². The van der Waals surface area contributed by atoms with Gasteiger partial charge in [0.05, 0.1) is 0 Å². The van der Waals surface area contributed by atoms with Crippen LogP contribution in [0.1, 0.15) is 25.3 Å². The van der Waals surface area contributed by atoms with Gasteiger partial charge in [-0.25, -0.2) is 4.79 Å². The molecular formula is C15H16N2O3. The maximum atomic E-state index is 12.0. The lowest BCUT2D eigenvalue weighted by molar-refractivity contribution is 0.364. The van der Waals surface area contributed by atoms with Gasteiger partial charge in [-0.3, -0.25) is 14.3 Å². The number of hydrogen-bond acceptors (Lipinski definition) is 3. The van der Waals surface area contributed by atoms with Crippen LogP contribution in [-0.2, 0) is 5.54 Å². The third-order valence-electron chi connectivity index (χ3n) is 3.94. The van der Waals surface area contributed by atoms with E-state index < -0.39 is 11.2 Å². The summed E-state index contributed by atoms with van der Waals surface area (Å²) in [5.41, 5.74) is 0.322. The van der Waals surface area contributed by atoms with Crippen molar-refractivity contribution in [3.8, 4) is 17.0 Å².